The molecule has 0 aliphatic carbocycles. The van der Waals surface area contributed by atoms with Crippen molar-refractivity contribution < 1.29 is 4.42 Å². The van der Waals surface area contributed by atoms with Crippen molar-refractivity contribution in [2.45, 2.75) is 0 Å². The number of benzene rings is 11. The van der Waals surface area contributed by atoms with Gasteiger partial charge >= 0.3 is 0 Å². The second-order valence-electron chi connectivity index (χ2n) is 13.6. The van der Waals surface area contributed by atoms with Crippen molar-refractivity contribution in [3.8, 4) is 22.3 Å². The van der Waals surface area contributed by atoms with Gasteiger partial charge in [0.25, 0.3) is 0 Å². The van der Waals surface area contributed by atoms with Crippen LogP contribution >= 0.6 is 0 Å². The maximum atomic E-state index is 7.05. The maximum absolute atomic E-state index is 7.05. The Balaban J connectivity index is 1.24. The van der Waals surface area contributed by atoms with Crippen LogP contribution in [0.5, 0.6) is 0 Å². The summed E-state index contributed by atoms with van der Waals surface area (Å²) in [4.78, 5) is 0. The standard InChI is InChI=1S/C48H26O/c1-2-7-33-26-42-41(24-32(33)6-1)47-38(35-20-18-31-17-15-27-8-3-9-29-19-21-37(35)46(31)43(27)29)22-23-39(48(47)49-42)40-25-34-12-4-10-28-14-16-30-11-5-13-36(40)45(30)44(28)34/h1-26H. The zero-order valence-electron chi connectivity index (χ0n) is 26.4. The fourth-order valence-electron chi connectivity index (χ4n) is 8.96. The van der Waals surface area contributed by atoms with Gasteiger partial charge in [0, 0.05) is 16.3 Å². The zero-order valence-corrected chi connectivity index (χ0v) is 26.4. The van der Waals surface area contributed by atoms with Gasteiger partial charge in [-0.15, -0.1) is 0 Å². The van der Waals surface area contributed by atoms with Gasteiger partial charge in [0.2, 0.25) is 0 Å². The Hall–Kier alpha value is -6.44. The topological polar surface area (TPSA) is 13.1 Å². The molecule has 0 fully saturated rings. The Morgan fingerprint density at radius 1 is 0.265 bits per heavy atom. The smallest absolute Gasteiger partial charge is 0.143 e. The molecule has 224 valence electrons. The predicted molar refractivity (Wildman–Crippen MR) is 210 cm³/mol. The third kappa shape index (κ3) is 3.34. The van der Waals surface area contributed by atoms with Crippen LogP contribution in [-0.4, -0.2) is 0 Å². The average molecular weight is 619 g/mol. The van der Waals surface area contributed by atoms with E-state index in [1.54, 1.807) is 0 Å². The quantitative estimate of drug-likeness (QED) is 0.176. The molecule has 12 rings (SSSR count). The van der Waals surface area contributed by atoms with Crippen molar-refractivity contribution in [3.63, 3.8) is 0 Å². The molecule has 0 saturated carbocycles. The summed E-state index contributed by atoms with van der Waals surface area (Å²) >= 11 is 0. The molecular weight excluding hydrogens is 593 g/mol. The highest BCUT2D eigenvalue weighted by Gasteiger charge is 2.22. The van der Waals surface area contributed by atoms with Crippen molar-refractivity contribution >= 4 is 97.3 Å². The van der Waals surface area contributed by atoms with E-state index in [1.165, 1.54) is 97.5 Å². The Morgan fingerprint density at radius 2 is 0.776 bits per heavy atom. The third-order valence-electron chi connectivity index (χ3n) is 11.1. The molecule has 0 aliphatic heterocycles. The van der Waals surface area contributed by atoms with Crippen LogP contribution in [0.15, 0.2) is 162 Å². The highest BCUT2D eigenvalue weighted by molar-refractivity contribution is 6.30. The Morgan fingerprint density at radius 3 is 1.53 bits per heavy atom. The fraction of sp³-hybridized carbons (Fsp3) is 0. The minimum Gasteiger partial charge on any atom is -0.455 e. The Bertz CT molecular complexity index is 3310. The third-order valence-corrected chi connectivity index (χ3v) is 11.1. The second kappa shape index (κ2) is 9.13. The van der Waals surface area contributed by atoms with Crippen LogP contribution < -0.4 is 0 Å². The van der Waals surface area contributed by atoms with Crippen LogP contribution in [-0.2, 0) is 0 Å². The van der Waals surface area contributed by atoms with Gasteiger partial charge in [0.1, 0.15) is 11.2 Å². The van der Waals surface area contributed by atoms with Crippen LogP contribution in [0.2, 0.25) is 0 Å². The first-order valence-corrected chi connectivity index (χ1v) is 17.0. The zero-order chi connectivity index (χ0) is 31.8. The van der Waals surface area contributed by atoms with Gasteiger partial charge in [0.15, 0.2) is 0 Å². The van der Waals surface area contributed by atoms with E-state index in [0.29, 0.717) is 0 Å². The van der Waals surface area contributed by atoms with E-state index in [0.717, 1.165) is 22.1 Å². The lowest BCUT2D eigenvalue weighted by Gasteiger charge is -2.17. The van der Waals surface area contributed by atoms with Crippen LogP contribution in [0.3, 0.4) is 0 Å². The molecule has 1 heterocycles. The number of hydrogen-bond acceptors (Lipinski definition) is 1. The first-order valence-electron chi connectivity index (χ1n) is 17.0. The lowest BCUT2D eigenvalue weighted by Crippen LogP contribution is -1.90. The molecule has 0 spiro atoms. The molecule has 49 heavy (non-hydrogen) atoms. The van der Waals surface area contributed by atoms with Gasteiger partial charge in [-0.05, 0) is 116 Å². The summed E-state index contributed by atoms with van der Waals surface area (Å²) in [5.74, 6) is 0. The number of hydrogen-bond donors (Lipinski definition) is 0. The van der Waals surface area contributed by atoms with E-state index in [2.05, 4.69) is 158 Å². The van der Waals surface area contributed by atoms with E-state index in [4.69, 9.17) is 4.42 Å². The molecule has 0 amide bonds. The molecule has 0 atom stereocenters. The number of rotatable bonds is 2. The number of fused-ring (bicyclic) bond motifs is 4. The number of furan rings is 1. The molecule has 1 nitrogen and oxygen atoms in total. The summed E-state index contributed by atoms with van der Waals surface area (Å²) in [5, 5.41) is 20.2. The first kappa shape index (κ1) is 25.6. The molecule has 12 aromatic rings. The maximum Gasteiger partial charge on any atom is 0.143 e. The lowest BCUT2D eigenvalue weighted by molar-refractivity contribution is 0.670. The molecule has 0 saturated heterocycles. The van der Waals surface area contributed by atoms with Crippen LogP contribution in [0.25, 0.3) is 120 Å². The van der Waals surface area contributed by atoms with E-state index in [-0.39, 0.29) is 0 Å². The van der Waals surface area contributed by atoms with Gasteiger partial charge in [0.05, 0.1) is 0 Å². The van der Waals surface area contributed by atoms with Gasteiger partial charge in [-0.2, -0.15) is 0 Å². The fourth-order valence-corrected chi connectivity index (χ4v) is 8.96. The van der Waals surface area contributed by atoms with Crippen molar-refractivity contribution in [2.75, 3.05) is 0 Å². The molecule has 1 aromatic heterocycles. The summed E-state index contributed by atoms with van der Waals surface area (Å²) in [5.41, 5.74) is 6.60. The van der Waals surface area contributed by atoms with Gasteiger partial charge in [-0.1, -0.05) is 133 Å². The lowest BCUT2D eigenvalue weighted by atomic mass is 9.86. The van der Waals surface area contributed by atoms with Crippen molar-refractivity contribution in [3.05, 3.63) is 158 Å². The highest BCUT2D eigenvalue weighted by atomic mass is 16.3. The van der Waals surface area contributed by atoms with Crippen LogP contribution in [0, 0.1) is 0 Å². The minimum absolute atomic E-state index is 0.914. The predicted octanol–water partition coefficient (Wildman–Crippen LogP) is 13.9. The molecule has 0 aliphatic rings. The van der Waals surface area contributed by atoms with Crippen molar-refractivity contribution in [2.24, 2.45) is 0 Å². The molecule has 0 unspecified atom stereocenters. The molecule has 11 aromatic carbocycles. The first-order chi connectivity index (χ1) is 24.3. The summed E-state index contributed by atoms with van der Waals surface area (Å²) < 4.78 is 7.05. The molecule has 1 heteroatoms. The van der Waals surface area contributed by atoms with Crippen molar-refractivity contribution in [1.82, 2.24) is 0 Å². The van der Waals surface area contributed by atoms with E-state index in [9.17, 15) is 0 Å². The van der Waals surface area contributed by atoms with Crippen molar-refractivity contribution in [1.29, 1.82) is 0 Å². The van der Waals surface area contributed by atoms with Crippen LogP contribution in [0.4, 0.5) is 0 Å². The molecule has 0 radical (unpaired) electrons. The largest absolute Gasteiger partial charge is 0.455 e. The highest BCUT2D eigenvalue weighted by Crippen LogP contribution is 2.48. The summed E-state index contributed by atoms with van der Waals surface area (Å²) in [6, 6.07) is 58.4. The summed E-state index contributed by atoms with van der Waals surface area (Å²) in [6.07, 6.45) is 0. The molecule has 0 bridgehead atoms. The van der Waals surface area contributed by atoms with E-state index in [1.807, 2.05) is 0 Å². The van der Waals surface area contributed by atoms with Crippen LogP contribution in [0.1, 0.15) is 0 Å². The Labute approximate surface area is 280 Å². The minimum atomic E-state index is 0.914. The normalized spacial score (nSPS) is 12.5. The van der Waals surface area contributed by atoms with E-state index < -0.39 is 0 Å². The van der Waals surface area contributed by atoms with E-state index >= 15 is 0 Å². The van der Waals surface area contributed by atoms with Gasteiger partial charge in [-0.3, -0.25) is 0 Å². The second-order valence-corrected chi connectivity index (χ2v) is 13.6. The average Bonchev–Trinajstić information content (AvgIpc) is 3.53. The summed E-state index contributed by atoms with van der Waals surface area (Å²) in [7, 11) is 0. The Kier molecular flexibility index (Phi) is 4.77. The molecule has 0 N–H and O–H groups in total. The summed E-state index contributed by atoms with van der Waals surface area (Å²) in [6.45, 7) is 0. The monoisotopic (exact) mass is 618 g/mol. The van der Waals surface area contributed by atoms with Gasteiger partial charge in [-0.25, -0.2) is 0 Å². The SMILES string of the molecule is c1ccc2cc3c(cc2c1)oc1c(-c2cc4cccc5ccc6cccc2c6c54)ccc(-c2ccc4ccc5cccc6ccc2c4c56)c13. The molecular formula is C48H26O. The van der Waals surface area contributed by atoms with Gasteiger partial charge < -0.3 is 4.42 Å².